The molecule has 0 radical (unpaired) electrons. The van der Waals surface area contributed by atoms with Crippen molar-refractivity contribution < 1.29 is 28.9 Å². The summed E-state index contributed by atoms with van der Waals surface area (Å²) in [5.74, 6) is -0.463. The quantitative estimate of drug-likeness (QED) is 0.332. The monoisotopic (exact) mass is 370 g/mol. The normalized spacial score (nSPS) is 11.1. The van der Waals surface area contributed by atoms with Crippen molar-refractivity contribution >= 4 is 29.0 Å². The second-order valence-corrected chi connectivity index (χ2v) is 5.77. The fourth-order valence-corrected chi connectivity index (χ4v) is 2.72. The average molecular weight is 370 g/mol. The lowest BCUT2D eigenvalue weighted by Crippen LogP contribution is -2.12. The highest BCUT2D eigenvalue weighted by atomic mass is 16.7. The third-order valence-corrected chi connectivity index (χ3v) is 4.01. The lowest BCUT2D eigenvalue weighted by molar-refractivity contribution is -0.132. The average Bonchev–Trinajstić information content (AvgIpc) is 2.66. The van der Waals surface area contributed by atoms with Gasteiger partial charge in [-0.05, 0) is 42.0 Å². The minimum Gasteiger partial charge on any atom is -0.493 e. The van der Waals surface area contributed by atoms with Gasteiger partial charge in [0.1, 0.15) is 6.61 Å². The van der Waals surface area contributed by atoms with Gasteiger partial charge in [0, 0.05) is 11.0 Å². The zero-order valence-electron chi connectivity index (χ0n) is 15.6. The topological polar surface area (TPSA) is 82.1 Å². The summed E-state index contributed by atoms with van der Waals surface area (Å²) in [6.07, 6.45) is 2.82. The van der Waals surface area contributed by atoms with Gasteiger partial charge in [-0.15, -0.1) is 0 Å². The number of aryl methyl sites for hydroxylation is 1. The molecule has 0 heterocycles. The Bertz CT molecular complexity index is 911. The highest BCUT2D eigenvalue weighted by Gasteiger charge is 2.20. The molecule has 27 heavy (non-hydrogen) atoms. The molecular weight excluding hydrogens is 348 g/mol. The van der Waals surface area contributed by atoms with E-state index in [1.165, 1.54) is 20.1 Å². The lowest BCUT2D eigenvalue weighted by atomic mass is 9.96. The van der Waals surface area contributed by atoms with Crippen molar-refractivity contribution in [3.8, 4) is 11.5 Å². The van der Waals surface area contributed by atoms with E-state index in [9.17, 15) is 14.7 Å². The van der Waals surface area contributed by atoms with Gasteiger partial charge in [-0.1, -0.05) is 37.8 Å². The molecule has 1 N–H and O–H groups in total. The predicted molar refractivity (Wildman–Crippen MR) is 103 cm³/mol. The Balaban J connectivity index is 2.75. The number of carbonyl (C=O) groups is 2. The van der Waals surface area contributed by atoms with Crippen molar-refractivity contribution in [1.82, 2.24) is 0 Å². The van der Waals surface area contributed by atoms with Crippen LogP contribution >= 0.6 is 0 Å². The number of carbonyl (C=O) groups excluding carboxylic acids is 1. The summed E-state index contributed by atoms with van der Waals surface area (Å²) in [6.45, 7) is 7.01. The first-order valence-electron chi connectivity index (χ1n) is 8.42. The lowest BCUT2D eigenvalue weighted by Gasteiger charge is -2.16. The van der Waals surface area contributed by atoms with Gasteiger partial charge in [0.05, 0.1) is 7.11 Å². The van der Waals surface area contributed by atoms with Gasteiger partial charge in [-0.3, -0.25) is 0 Å². The van der Waals surface area contributed by atoms with Crippen LogP contribution in [0.15, 0.2) is 42.5 Å². The molecule has 2 rings (SSSR count). The standard InChI is InChI=1S/C21H22O6/c1-5-10-26-21(24)27-19-17(25-4)12-15(11-13(3)20(22)23)16-9-7-8-14(6-2)18(16)19/h5,7-9,11-12H,1,6,10H2,2-4H3,(H,22,23)/b13-11+. The van der Waals surface area contributed by atoms with Crippen LogP contribution in [-0.2, 0) is 16.0 Å². The summed E-state index contributed by atoms with van der Waals surface area (Å²) in [4.78, 5) is 23.2. The van der Waals surface area contributed by atoms with Crippen LogP contribution in [0.2, 0.25) is 0 Å². The number of fused-ring (bicyclic) bond motifs is 1. The van der Waals surface area contributed by atoms with Crippen molar-refractivity contribution in [2.75, 3.05) is 13.7 Å². The molecule has 0 aromatic heterocycles. The second-order valence-electron chi connectivity index (χ2n) is 5.77. The molecule has 0 fully saturated rings. The number of benzene rings is 2. The minimum absolute atomic E-state index is 0.0261. The van der Waals surface area contributed by atoms with Crippen LogP contribution in [0.4, 0.5) is 4.79 Å². The van der Waals surface area contributed by atoms with Gasteiger partial charge in [0.15, 0.2) is 11.5 Å². The Morgan fingerprint density at radius 1 is 1.30 bits per heavy atom. The maximum absolute atomic E-state index is 12.0. The van der Waals surface area contributed by atoms with Crippen molar-refractivity contribution in [1.29, 1.82) is 0 Å². The molecule has 0 aliphatic heterocycles. The molecule has 0 bridgehead atoms. The van der Waals surface area contributed by atoms with E-state index < -0.39 is 12.1 Å². The van der Waals surface area contributed by atoms with E-state index in [-0.39, 0.29) is 17.9 Å². The molecule has 0 aliphatic carbocycles. The number of ether oxygens (including phenoxy) is 3. The SMILES string of the molecule is C=CCOC(=O)Oc1c(OC)cc(/C=C(\C)C(=O)O)c2cccc(CC)c12. The highest BCUT2D eigenvalue weighted by Crippen LogP contribution is 2.41. The van der Waals surface area contributed by atoms with E-state index in [2.05, 4.69) is 6.58 Å². The van der Waals surface area contributed by atoms with Gasteiger partial charge < -0.3 is 19.3 Å². The molecule has 2 aromatic rings. The van der Waals surface area contributed by atoms with E-state index in [1.54, 1.807) is 12.1 Å². The van der Waals surface area contributed by atoms with Crippen LogP contribution in [0.25, 0.3) is 16.8 Å². The van der Waals surface area contributed by atoms with Crippen molar-refractivity contribution in [3.05, 3.63) is 53.6 Å². The summed E-state index contributed by atoms with van der Waals surface area (Å²) in [5.41, 5.74) is 1.77. The van der Waals surface area contributed by atoms with Crippen molar-refractivity contribution in [2.45, 2.75) is 20.3 Å². The molecule has 0 spiro atoms. The first kappa shape index (κ1) is 20.0. The van der Waals surface area contributed by atoms with Crippen LogP contribution < -0.4 is 9.47 Å². The number of aliphatic carboxylic acids is 1. The Labute approximate surface area is 157 Å². The van der Waals surface area contributed by atoms with Crippen LogP contribution in [0.3, 0.4) is 0 Å². The number of rotatable bonds is 7. The minimum atomic E-state index is -1.01. The number of carboxylic acids is 1. The van der Waals surface area contributed by atoms with Gasteiger partial charge in [-0.2, -0.15) is 0 Å². The molecular formula is C21H22O6. The second kappa shape index (κ2) is 8.89. The van der Waals surface area contributed by atoms with Crippen LogP contribution in [0.1, 0.15) is 25.0 Å². The maximum atomic E-state index is 12.0. The molecule has 6 heteroatoms. The zero-order chi connectivity index (χ0) is 20.0. The van der Waals surface area contributed by atoms with E-state index in [0.717, 1.165) is 10.9 Å². The Hall–Kier alpha value is -3.28. The fraction of sp³-hybridized carbons (Fsp3) is 0.238. The molecule has 6 nitrogen and oxygen atoms in total. The smallest absolute Gasteiger partial charge is 0.493 e. The third-order valence-electron chi connectivity index (χ3n) is 4.01. The summed E-state index contributed by atoms with van der Waals surface area (Å²) in [6, 6.07) is 7.28. The van der Waals surface area contributed by atoms with Crippen LogP contribution in [0.5, 0.6) is 11.5 Å². The van der Waals surface area contributed by atoms with Crippen LogP contribution in [-0.4, -0.2) is 30.9 Å². The first-order chi connectivity index (χ1) is 12.9. The van der Waals surface area contributed by atoms with Crippen molar-refractivity contribution in [3.63, 3.8) is 0 Å². The molecule has 0 saturated heterocycles. The number of hydrogen-bond acceptors (Lipinski definition) is 5. The number of carboxylic acid groups (broad SMARTS) is 1. The molecule has 0 aliphatic rings. The van der Waals surface area contributed by atoms with E-state index in [4.69, 9.17) is 14.2 Å². The van der Waals surface area contributed by atoms with E-state index in [1.807, 2.05) is 25.1 Å². The molecule has 0 saturated carbocycles. The zero-order valence-corrected chi connectivity index (χ0v) is 15.6. The Kier molecular flexibility index (Phi) is 6.60. The maximum Gasteiger partial charge on any atom is 0.514 e. The molecule has 0 atom stereocenters. The van der Waals surface area contributed by atoms with Gasteiger partial charge in [0.25, 0.3) is 0 Å². The molecule has 142 valence electrons. The number of hydrogen-bond donors (Lipinski definition) is 1. The molecule has 2 aromatic carbocycles. The Morgan fingerprint density at radius 2 is 2.04 bits per heavy atom. The largest absolute Gasteiger partial charge is 0.514 e. The van der Waals surface area contributed by atoms with E-state index >= 15 is 0 Å². The summed E-state index contributed by atoms with van der Waals surface area (Å²) in [7, 11) is 1.45. The summed E-state index contributed by atoms with van der Waals surface area (Å²) < 4.78 is 15.8. The Morgan fingerprint density at radius 3 is 2.63 bits per heavy atom. The van der Waals surface area contributed by atoms with Gasteiger partial charge in [0.2, 0.25) is 0 Å². The molecule has 0 amide bonds. The van der Waals surface area contributed by atoms with Crippen LogP contribution in [0, 0.1) is 0 Å². The third kappa shape index (κ3) is 4.47. The van der Waals surface area contributed by atoms with Gasteiger partial charge >= 0.3 is 12.1 Å². The number of methoxy groups -OCH3 is 1. The highest BCUT2D eigenvalue weighted by molar-refractivity contribution is 6.02. The van der Waals surface area contributed by atoms with Gasteiger partial charge in [-0.25, -0.2) is 9.59 Å². The first-order valence-corrected chi connectivity index (χ1v) is 8.42. The summed E-state index contributed by atoms with van der Waals surface area (Å²) >= 11 is 0. The predicted octanol–water partition coefficient (Wildman–Crippen LogP) is 4.60. The molecule has 0 unspecified atom stereocenters. The fourth-order valence-electron chi connectivity index (χ4n) is 2.72. The van der Waals surface area contributed by atoms with E-state index in [0.29, 0.717) is 23.1 Å². The summed E-state index contributed by atoms with van der Waals surface area (Å²) in [5, 5.41) is 10.6. The van der Waals surface area contributed by atoms with Crippen molar-refractivity contribution in [2.24, 2.45) is 0 Å².